The second kappa shape index (κ2) is 4.04. The third-order valence-corrected chi connectivity index (χ3v) is 2.24. The minimum atomic E-state index is 0.0933. The molecule has 1 atom stereocenters. The summed E-state index contributed by atoms with van der Waals surface area (Å²) in [5.41, 5.74) is 5.76. The summed E-state index contributed by atoms with van der Waals surface area (Å²) in [5, 5.41) is 3.44. The zero-order valence-corrected chi connectivity index (χ0v) is 7.23. The van der Waals surface area contributed by atoms with Gasteiger partial charge < -0.3 is 15.8 Å². The van der Waals surface area contributed by atoms with E-state index in [1.807, 2.05) is 0 Å². The minimum absolute atomic E-state index is 0.0933. The molecule has 1 aliphatic rings. The van der Waals surface area contributed by atoms with Crippen molar-refractivity contribution in [3.63, 3.8) is 0 Å². The third-order valence-electron chi connectivity index (χ3n) is 2.24. The highest BCUT2D eigenvalue weighted by Gasteiger charge is 2.32. The Bertz CT molecular complexity index is 111. The van der Waals surface area contributed by atoms with E-state index in [1.54, 1.807) is 0 Å². The van der Waals surface area contributed by atoms with E-state index < -0.39 is 0 Å². The summed E-state index contributed by atoms with van der Waals surface area (Å²) in [6, 6.07) is 0. The van der Waals surface area contributed by atoms with Gasteiger partial charge in [0.2, 0.25) is 0 Å². The van der Waals surface area contributed by atoms with Gasteiger partial charge in [-0.1, -0.05) is 6.92 Å². The maximum Gasteiger partial charge on any atom is 0.0661 e. The molecule has 3 N–H and O–H groups in total. The average molecular weight is 158 g/mol. The lowest BCUT2D eigenvalue weighted by atomic mass is 9.99. The predicted molar refractivity (Wildman–Crippen MR) is 45.5 cm³/mol. The van der Waals surface area contributed by atoms with Gasteiger partial charge in [0.05, 0.1) is 12.1 Å². The van der Waals surface area contributed by atoms with Gasteiger partial charge in [0, 0.05) is 13.2 Å². The maximum absolute atomic E-state index is 5.67. The first kappa shape index (κ1) is 8.97. The molecule has 1 aliphatic heterocycles. The molecule has 1 fully saturated rings. The summed E-state index contributed by atoms with van der Waals surface area (Å²) in [6.07, 6.45) is 2.21. The molecule has 1 rings (SSSR count). The fraction of sp³-hybridized carbons (Fsp3) is 1.00. The molecular weight excluding hydrogens is 140 g/mol. The van der Waals surface area contributed by atoms with Crippen LogP contribution in [-0.4, -0.2) is 31.8 Å². The van der Waals surface area contributed by atoms with Crippen LogP contribution in [0.5, 0.6) is 0 Å². The van der Waals surface area contributed by atoms with Crippen molar-refractivity contribution < 1.29 is 4.74 Å². The second-order valence-electron chi connectivity index (χ2n) is 3.21. The quantitative estimate of drug-likeness (QED) is 0.610. The Morgan fingerprint density at radius 2 is 2.45 bits per heavy atom. The van der Waals surface area contributed by atoms with Crippen molar-refractivity contribution in [1.29, 1.82) is 0 Å². The summed E-state index contributed by atoms with van der Waals surface area (Å²) in [4.78, 5) is 0. The number of nitrogens with one attached hydrogen (secondary N) is 1. The Morgan fingerprint density at radius 3 is 2.91 bits per heavy atom. The van der Waals surface area contributed by atoms with Crippen molar-refractivity contribution in [2.24, 2.45) is 5.73 Å². The Labute approximate surface area is 68.3 Å². The zero-order valence-electron chi connectivity index (χ0n) is 7.23. The van der Waals surface area contributed by atoms with E-state index in [2.05, 4.69) is 12.2 Å². The van der Waals surface area contributed by atoms with E-state index in [4.69, 9.17) is 10.5 Å². The van der Waals surface area contributed by atoms with Crippen molar-refractivity contribution in [2.45, 2.75) is 25.3 Å². The first-order chi connectivity index (χ1) is 5.33. The summed E-state index contributed by atoms with van der Waals surface area (Å²) >= 11 is 0. The Hall–Kier alpha value is -0.120. The molecule has 0 saturated carbocycles. The lowest BCUT2D eigenvalue weighted by molar-refractivity contribution is 0.168. The van der Waals surface area contributed by atoms with Crippen LogP contribution in [0.2, 0.25) is 0 Å². The molecule has 0 spiro atoms. The second-order valence-corrected chi connectivity index (χ2v) is 3.21. The monoisotopic (exact) mass is 158 g/mol. The maximum atomic E-state index is 5.67. The van der Waals surface area contributed by atoms with Crippen LogP contribution in [0.3, 0.4) is 0 Å². The highest BCUT2D eigenvalue weighted by atomic mass is 16.5. The van der Waals surface area contributed by atoms with Crippen LogP contribution in [0, 0.1) is 0 Å². The topological polar surface area (TPSA) is 47.3 Å². The molecular formula is C8H18N2O. The van der Waals surface area contributed by atoms with Gasteiger partial charge in [0.25, 0.3) is 0 Å². The number of nitrogens with two attached hydrogens (primary N) is 1. The molecule has 0 radical (unpaired) electrons. The Kier molecular flexibility index (Phi) is 3.30. The lowest BCUT2D eigenvalue weighted by Crippen LogP contribution is -2.52. The van der Waals surface area contributed by atoms with Crippen molar-refractivity contribution >= 4 is 0 Å². The molecule has 11 heavy (non-hydrogen) atoms. The fourth-order valence-electron chi connectivity index (χ4n) is 1.37. The Balaban J connectivity index is 2.33. The van der Waals surface area contributed by atoms with Gasteiger partial charge in [0.15, 0.2) is 0 Å². The first-order valence-electron chi connectivity index (χ1n) is 4.36. The van der Waals surface area contributed by atoms with E-state index in [9.17, 15) is 0 Å². The van der Waals surface area contributed by atoms with Gasteiger partial charge >= 0.3 is 0 Å². The van der Waals surface area contributed by atoms with E-state index in [0.717, 1.165) is 32.6 Å². The fourth-order valence-corrected chi connectivity index (χ4v) is 1.37. The van der Waals surface area contributed by atoms with Crippen LogP contribution >= 0.6 is 0 Å². The summed E-state index contributed by atoms with van der Waals surface area (Å²) in [6.45, 7) is 5.53. The number of hydrogen-bond donors (Lipinski definition) is 2. The molecule has 0 bridgehead atoms. The molecule has 1 saturated heterocycles. The number of hydrogen-bond acceptors (Lipinski definition) is 3. The largest absolute Gasteiger partial charge is 0.379 e. The van der Waals surface area contributed by atoms with Crippen molar-refractivity contribution in [1.82, 2.24) is 5.32 Å². The average Bonchev–Trinajstić information content (AvgIpc) is 2.50. The third kappa shape index (κ3) is 2.15. The van der Waals surface area contributed by atoms with Crippen molar-refractivity contribution in [3.8, 4) is 0 Å². The highest BCUT2D eigenvalue weighted by Crippen LogP contribution is 2.16. The van der Waals surface area contributed by atoms with Gasteiger partial charge in [-0.05, 0) is 19.4 Å². The van der Waals surface area contributed by atoms with Crippen LogP contribution in [0.4, 0.5) is 0 Å². The molecule has 0 amide bonds. The van der Waals surface area contributed by atoms with Crippen LogP contribution < -0.4 is 11.1 Å². The molecule has 3 heteroatoms. The van der Waals surface area contributed by atoms with Gasteiger partial charge in [-0.25, -0.2) is 0 Å². The van der Waals surface area contributed by atoms with E-state index in [1.165, 1.54) is 0 Å². The van der Waals surface area contributed by atoms with Crippen LogP contribution in [-0.2, 0) is 4.74 Å². The molecule has 66 valence electrons. The summed E-state index contributed by atoms with van der Waals surface area (Å²) < 4.78 is 5.31. The molecule has 1 heterocycles. The number of rotatable bonds is 4. The molecule has 0 aliphatic carbocycles. The molecule has 0 aromatic heterocycles. The van der Waals surface area contributed by atoms with E-state index >= 15 is 0 Å². The van der Waals surface area contributed by atoms with Crippen LogP contribution in [0.15, 0.2) is 0 Å². The summed E-state index contributed by atoms with van der Waals surface area (Å²) in [5.74, 6) is 0. The number of ether oxygens (including phenoxy) is 1. The predicted octanol–water partition coefficient (Wildman–Crippen LogP) is 0.104. The molecule has 3 nitrogen and oxygen atoms in total. The van der Waals surface area contributed by atoms with Crippen molar-refractivity contribution in [3.05, 3.63) is 0 Å². The van der Waals surface area contributed by atoms with Crippen LogP contribution in [0.25, 0.3) is 0 Å². The molecule has 1 unspecified atom stereocenters. The summed E-state index contributed by atoms with van der Waals surface area (Å²) in [7, 11) is 0. The van der Waals surface area contributed by atoms with E-state index in [-0.39, 0.29) is 5.54 Å². The van der Waals surface area contributed by atoms with Gasteiger partial charge in [-0.15, -0.1) is 0 Å². The standard InChI is InChI=1S/C8H18N2O/c1-2-4-10-8(6-9)3-5-11-7-8/h10H,2-7,9H2,1H3. The normalized spacial score (nSPS) is 31.1. The van der Waals surface area contributed by atoms with Gasteiger partial charge in [-0.3, -0.25) is 0 Å². The molecule has 0 aromatic carbocycles. The Morgan fingerprint density at radius 1 is 1.64 bits per heavy atom. The first-order valence-corrected chi connectivity index (χ1v) is 4.36. The van der Waals surface area contributed by atoms with E-state index in [0.29, 0.717) is 6.54 Å². The molecule has 0 aromatic rings. The lowest BCUT2D eigenvalue weighted by Gasteiger charge is -2.26. The SMILES string of the molecule is CCCNC1(CN)CCOC1. The zero-order chi connectivity index (χ0) is 8.16. The van der Waals surface area contributed by atoms with Gasteiger partial charge in [-0.2, -0.15) is 0 Å². The smallest absolute Gasteiger partial charge is 0.0661 e. The van der Waals surface area contributed by atoms with Crippen molar-refractivity contribution in [2.75, 3.05) is 26.3 Å². The van der Waals surface area contributed by atoms with Gasteiger partial charge in [0.1, 0.15) is 0 Å². The highest BCUT2D eigenvalue weighted by molar-refractivity contribution is 4.92. The minimum Gasteiger partial charge on any atom is -0.379 e. The van der Waals surface area contributed by atoms with Crippen LogP contribution in [0.1, 0.15) is 19.8 Å².